The van der Waals surface area contributed by atoms with E-state index in [4.69, 9.17) is 9.47 Å². The first kappa shape index (κ1) is 28.8. The molecule has 1 atom stereocenters. The van der Waals surface area contributed by atoms with Crippen molar-refractivity contribution in [2.45, 2.75) is 46.3 Å². The molecule has 0 N–H and O–H groups in total. The van der Waals surface area contributed by atoms with E-state index in [1.54, 1.807) is 18.4 Å². The van der Waals surface area contributed by atoms with Gasteiger partial charge in [0.2, 0.25) is 0 Å². The number of nitrogens with zero attached hydrogens (tertiary/aromatic N) is 2. The Morgan fingerprint density at radius 3 is 2.49 bits per heavy atom. The molecule has 0 bridgehead atoms. The highest BCUT2D eigenvalue weighted by molar-refractivity contribution is 9.10. The fourth-order valence-corrected chi connectivity index (χ4v) is 6.34. The van der Waals surface area contributed by atoms with Gasteiger partial charge in [-0.1, -0.05) is 85.8 Å². The fraction of sp³-hybridized carbons (Fsp3) is 0.242. The van der Waals surface area contributed by atoms with Crippen molar-refractivity contribution in [3.05, 3.63) is 130 Å². The largest absolute Gasteiger partial charge is 0.488 e. The summed E-state index contributed by atoms with van der Waals surface area (Å²) in [5.41, 5.74) is 4.66. The predicted octanol–water partition coefficient (Wildman–Crippen LogP) is 6.26. The van der Waals surface area contributed by atoms with E-state index in [1.165, 1.54) is 16.9 Å². The lowest BCUT2D eigenvalue weighted by molar-refractivity contribution is -0.139. The van der Waals surface area contributed by atoms with Crippen molar-refractivity contribution in [3.63, 3.8) is 0 Å². The highest BCUT2D eigenvalue weighted by atomic mass is 79.9. The molecule has 1 aliphatic heterocycles. The molecular weight excluding hydrogens is 600 g/mol. The maximum absolute atomic E-state index is 13.9. The predicted molar refractivity (Wildman–Crippen MR) is 166 cm³/mol. The highest BCUT2D eigenvalue weighted by Crippen LogP contribution is 2.32. The van der Waals surface area contributed by atoms with E-state index in [2.05, 4.69) is 34.8 Å². The molecule has 1 aliphatic rings. The van der Waals surface area contributed by atoms with Crippen LogP contribution in [0.5, 0.6) is 5.75 Å². The molecule has 0 amide bonds. The van der Waals surface area contributed by atoms with Gasteiger partial charge in [-0.25, -0.2) is 9.79 Å². The maximum Gasteiger partial charge on any atom is 0.338 e. The Bertz CT molecular complexity index is 1790. The SMILES string of the molecule is CCOC(=O)C1=C(C)N=c2s/c(=C\c3ccc(OCc4ccccc4)c(Br)c3)c(=O)n2[C@H]1c1ccc(C(C)C)cc1. The number of hydrogen-bond donors (Lipinski definition) is 0. The number of benzene rings is 3. The molecule has 8 heteroatoms. The Kier molecular flexibility index (Phi) is 8.71. The minimum atomic E-state index is -0.630. The molecule has 4 aromatic rings. The number of aromatic nitrogens is 1. The van der Waals surface area contributed by atoms with E-state index >= 15 is 0 Å². The number of thiazole rings is 1. The second-order valence-electron chi connectivity index (χ2n) is 10.1. The summed E-state index contributed by atoms with van der Waals surface area (Å²) in [7, 11) is 0. The third-order valence-electron chi connectivity index (χ3n) is 6.93. The van der Waals surface area contributed by atoms with E-state index in [9.17, 15) is 9.59 Å². The van der Waals surface area contributed by atoms with Gasteiger partial charge in [-0.2, -0.15) is 0 Å². The molecule has 0 fully saturated rings. The molecule has 0 aliphatic carbocycles. The molecule has 41 heavy (non-hydrogen) atoms. The highest BCUT2D eigenvalue weighted by Gasteiger charge is 2.33. The van der Waals surface area contributed by atoms with Crippen LogP contribution in [-0.2, 0) is 16.1 Å². The normalized spacial score (nSPS) is 15.1. The van der Waals surface area contributed by atoms with Gasteiger partial charge in [0.25, 0.3) is 5.56 Å². The van der Waals surface area contributed by atoms with Gasteiger partial charge >= 0.3 is 5.97 Å². The third-order valence-corrected chi connectivity index (χ3v) is 8.53. The van der Waals surface area contributed by atoms with Gasteiger partial charge in [0, 0.05) is 0 Å². The van der Waals surface area contributed by atoms with E-state index in [0.29, 0.717) is 38.9 Å². The number of fused-ring (bicyclic) bond motifs is 1. The monoisotopic (exact) mass is 630 g/mol. The Hall–Kier alpha value is -3.75. The zero-order valence-electron chi connectivity index (χ0n) is 23.4. The lowest BCUT2D eigenvalue weighted by atomic mass is 9.93. The second kappa shape index (κ2) is 12.4. The molecule has 0 radical (unpaired) electrons. The Labute approximate surface area is 251 Å². The number of hydrogen-bond acceptors (Lipinski definition) is 6. The first-order valence-corrected chi connectivity index (χ1v) is 15.1. The second-order valence-corrected chi connectivity index (χ2v) is 12.0. The molecule has 0 spiro atoms. The van der Waals surface area contributed by atoms with E-state index in [1.807, 2.05) is 78.9 Å². The molecule has 0 unspecified atom stereocenters. The lowest BCUT2D eigenvalue weighted by Gasteiger charge is -2.25. The molecule has 0 saturated heterocycles. The summed E-state index contributed by atoms with van der Waals surface area (Å²) in [6, 6.07) is 23.1. The van der Waals surface area contributed by atoms with Crippen LogP contribution < -0.4 is 19.6 Å². The molecule has 6 nitrogen and oxygen atoms in total. The van der Waals surface area contributed by atoms with Crippen molar-refractivity contribution in [2.75, 3.05) is 6.61 Å². The van der Waals surface area contributed by atoms with Gasteiger partial charge in [-0.05, 0) is 76.2 Å². The first-order valence-electron chi connectivity index (χ1n) is 13.5. The maximum atomic E-state index is 13.9. The van der Waals surface area contributed by atoms with Crippen LogP contribution in [-0.4, -0.2) is 17.1 Å². The molecule has 3 aromatic carbocycles. The van der Waals surface area contributed by atoms with Crippen molar-refractivity contribution in [1.29, 1.82) is 0 Å². The van der Waals surface area contributed by atoms with Gasteiger partial charge in [0.15, 0.2) is 4.80 Å². The summed E-state index contributed by atoms with van der Waals surface area (Å²) in [6.45, 7) is 8.52. The Balaban J connectivity index is 1.54. The van der Waals surface area contributed by atoms with Gasteiger partial charge in [0.1, 0.15) is 12.4 Å². The molecule has 1 aromatic heterocycles. The molecule has 2 heterocycles. The van der Waals surface area contributed by atoms with Gasteiger partial charge < -0.3 is 9.47 Å². The van der Waals surface area contributed by atoms with E-state index in [-0.39, 0.29) is 12.2 Å². The standard InChI is InChI=1S/C33H31BrN2O4S/c1-5-39-32(38)29-21(4)35-33-36(30(29)25-14-12-24(13-15-25)20(2)3)31(37)28(41-33)18-23-11-16-27(26(34)17-23)40-19-22-9-7-6-8-10-22/h6-18,20,30H,5,19H2,1-4H3/b28-18-/t30-/m0/s1. The number of halogens is 1. The lowest BCUT2D eigenvalue weighted by Crippen LogP contribution is -2.39. The summed E-state index contributed by atoms with van der Waals surface area (Å²) in [4.78, 5) is 32.2. The summed E-state index contributed by atoms with van der Waals surface area (Å²) < 4.78 is 14.3. The van der Waals surface area contributed by atoms with Crippen LogP contribution in [0, 0.1) is 0 Å². The number of esters is 1. The van der Waals surface area contributed by atoms with Crippen LogP contribution in [0.2, 0.25) is 0 Å². The van der Waals surface area contributed by atoms with E-state index in [0.717, 1.165) is 21.2 Å². The third kappa shape index (κ3) is 6.14. The first-order chi connectivity index (χ1) is 19.8. The van der Waals surface area contributed by atoms with Gasteiger partial charge in [-0.15, -0.1) is 0 Å². The van der Waals surface area contributed by atoms with Crippen molar-refractivity contribution in [1.82, 2.24) is 4.57 Å². The van der Waals surface area contributed by atoms with Crippen LogP contribution in [0.1, 0.15) is 61.9 Å². The summed E-state index contributed by atoms with van der Waals surface area (Å²) in [5, 5.41) is 0. The average molecular weight is 632 g/mol. The zero-order chi connectivity index (χ0) is 29.1. The quantitative estimate of drug-likeness (QED) is 0.215. The smallest absolute Gasteiger partial charge is 0.338 e. The zero-order valence-corrected chi connectivity index (χ0v) is 25.8. The van der Waals surface area contributed by atoms with Gasteiger partial charge in [-0.3, -0.25) is 9.36 Å². The van der Waals surface area contributed by atoms with Crippen molar-refractivity contribution in [2.24, 2.45) is 4.99 Å². The van der Waals surface area contributed by atoms with E-state index < -0.39 is 12.0 Å². The molecule has 5 rings (SSSR count). The average Bonchev–Trinajstić information content (AvgIpc) is 3.26. The van der Waals surface area contributed by atoms with Gasteiger partial charge in [0.05, 0.1) is 32.9 Å². The number of carbonyl (C=O) groups is 1. The minimum Gasteiger partial charge on any atom is -0.488 e. The Morgan fingerprint density at radius 1 is 1.10 bits per heavy atom. The van der Waals surface area contributed by atoms with Crippen LogP contribution in [0.3, 0.4) is 0 Å². The fourth-order valence-electron chi connectivity index (χ4n) is 4.78. The summed E-state index contributed by atoms with van der Waals surface area (Å²) in [6.07, 6.45) is 1.85. The van der Waals surface area contributed by atoms with Crippen molar-refractivity contribution >= 4 is 39.3 Å². The van der Waals surface area contributed by atoms with Crippen LogP contribution in [0.15, 0.2) is 98.3 Å². The van der Waals surface area contributed by atoms with Crippen LogP contribution in [0.25, 0.3) is 6.08 Å². The number of rotatable bonds is 8. The minimum absolute atomic E-state index is 0.207. The Morgan fingerprint density at radius 2 is 1.83 bits per heavy atom. The molecule has 0 saturated carbocycles. The van der Waals surface area contributed by atoms with Crippen molar-refractivity contribution in [3.8, 4) is 5.75 Å². The number of allylic oxidation sites excluding steroid dienone is 1. The number of carbonyl (C=O) groups excluding carboxylic acids is 1. The summed E-state index contributed by atoms with van der Waals surface area (Å²) >= 11 is 4.92. The van der Waals surface area contributed by atoms with Crippen molar-refractivity contribution < 1.29 is 14.3 Å². The molecule has 210 valence electrons. The molecular formula is C33H31BrN2O4S. The topological polar surface area (TPSA) is 69.9 Å². The number of ether oxygens (including phenoxy) is 2. The van der Waals surface area contributed by atoms with Crippen LogP contribution >= 0.6 is 27.3 Å². The summed E-state index contributed by atoms with van der Waals surface area (Å²) in [5.74, 6) is 0.616. The van der Waals surface area contributed by atoms with Crippen LogP contribution in [0.4, 0.5) is 0 Å².